The molecule has 1 aromatic rings. The first-order chi connectivity index (χ1) is 7.56. The minimum atomic E-state index is -0.264. The zero-order chi connectivity index (χ0) is 12.1. The monoisotopic (exact) mass is 260 g/mol. The van der Waals surface area contributed by atoms with Crippen molar-refractivity contribution < 1.29 is 4.79 Å². The number of carbonyl (C=O) groups is 1. The molecule has 1 atom stereocenters. The zero-order valence-corrected chi connectivity index (χ0v) is 10.7. The lowest BCUT2D eigenvalue weighted by molar-refractivity contribution is -0.122. The second-order valence-corrected chi connectivity index (χ2v) is 4.21. The van der Waals surface area contributed by atoms with E-state index in [1.165, 1.54) is 0 Å². The van der Waals surface area contributed by atoms with Gasteiger partial charge in [-0.1, -0.05) is 35.3 Å². The fraction of sp³-hybridized carbons (Fsp3) is 0.364. The Labute approximate surface area is 105 Å². The molecule has 88 valence electrons. The summed E-state index contributed by atoms with van der Waals surface area (Å²) in [5.74, 6) is -0.0573. The maximum atomic E-state index is 11.3. The van der Waals surface area contributed by atoms with Gasteiger partial charge in [-0.15, -0.1) is 0 Å². The van der Waals surface area contributed by atoms with E-state index in [2.05, 4.69) is 10.6 Å². The van der Waals surface area contributed by atoms with Crippen LogP contribution in [0.4, 0.5) is 0 Å². The maximum Gasteiger partial charge on any atom is 0.236 e. The van der Waals surface area contributed by atoms with E-state index < -0.39 is 0 Å². The van der Waals surface area contributed by atoms with Crippen LogP contribution in [0.2, 0.25) is 10.0 Å². The standard InChI is InChI=1S/C11H14Cl2N2O/c1-7(11(16)14-2)15-6-8-4-3-5-9(12)10(8)13/h3-5,7,15H,6H2,1-2H3,(H,14,16). The molecule has 0 radical (unpaired) electrons. The molecule has 0 aromatic heterocycles. The van der Waals surface area contributed by atoms with Crippen LogP contribution in [-0.2, 0) is 11.3 Å². The van der Waals surface area contributed by atoms with Crippen LogP contribution in [0.1, 0.15) is 12.5 Å². The number of amides is 1. The summed E-state index contributed by atoms with van der Waals surface area (Å²) in [5.41, 5.74) is 0.880. The number of halogens is 2. The SMILES string of the molecule is CNC(=O)C(C)NCc1cccc(Cl)c1Cl. The van der Waals surface area contributed by atoms with E-state index in [9.17, 15) is 4.79 Å². The fourth-order valence-electron chi connectivity index (χ4n) is 1.26. The van der Waals surface area contributed by atoms with Crippen molar-refractivity contribution in [3.05, 3.63) is 33.8 Å². The normalized spacial score (nSPS) is 12.2. The summed E-state index contributed by atoms with van der Waals surface area (Å²) in [7, 11) is 1.60. The molecule has 1 aromatic carbocycles. The van der Waals surface area contributed by atoms with Gasteiger partial charge in [0.05, 0.1) is 16.1 Å². The molecule has 0 bridgehead atoms. The third-order valence-corrected chi connectivity index (χ3v) is 3.13. The highest BCUT2D eigenvalue weighted by Crippen LogP contribution is 2.25. The summed E-state index contributed by atoms with van der Waals surface area (Å²) in [4.78, 5) is 11.3. The molecular formula is C11H14Cl2N2O. The minimum absolute atomic E-state index is 0.0573. The highest BCUT2D eigenvalue weighted by Gasteiger charge is 2.11. The van der Waals surface area contributed by atoms with Gasteiger partial charge >= 0.3 is 0 Å². The molecule has 5 heteroatoms. The molecule has 0 aliphatic heterocycles. The lowest BCUT2D eigenvalue weighted by atomic mass is 10.2. The molecule has 0 spiro atoms. The van der Waals surface area contributed by atoms with E-state index in [-0.39, 0.29) is 11.9 Å². The topological polar surface area (TPSA) is 41.1 Å². The van der Waals surface area contributed by atoms with E-state index >= 15 is 0 Å². The molecule has 2 N–H and O–H groups in total. The summed E-state index contributed by atoms with van der Waals surface area (Å²) in [6, 6.07) is 5.17. The van der Waals surface area contributed by atoms with Gasteiger partial charge in [-0.3, -0.25) is 4.79 Å². The molecule has 0 aliphatic carbocycles. The molecule has 16 heavy (non-hydrogen) atoms. The van der Waals surface area contributed by atoms with Crippen molar-refractivity contribution in [3.8, 4) is 0 Å². The molecule has 0 fully saturated rings. The Morgan fingerprint density at radius 3 is 2.75 bits per heavy atom. The maximum absolute atomic E-state index is 11.3. The van der Waals surface area contributed by atoms with Crippen molar-refractivity contribution >= 4 is 29.1 Å². The molecule has 1 amide bonds. The smallest absolute Gasteiger partial charge is 0.236 e. The third kappa shape index (κ3) is 3.37. The number of hydrogen-bond acceptors (Lipinski definition) is 2. The van der Waals surface area contributed by atoms with Crippen LogP contribution in [0.15, 0.2) is 18.2 Å². The highest BCUT2D eigenvalue weighted by molar-refractivity contribution is 6.42. The summed E-state index contributed by atoms with van der Waals surface area (Å²) < 4.78 is 0. The Kier molecular flexibility index (Phi) is 5.06. The van der Waals surface area contributed by atoms with Gasteiger partial charge in [0.25, 0.3) is 0 Å². The number of likely N-dealkylation sites (N-methyl/N-ethyl adjacent to an activating group) is 1. The Bertz CT molecular complexity index is 382. The Morgan fingerprint density at radius 1 is 1.44 bits per heavy atom. The molecule has 0 saturated carbocycles. The van der Waals surface area contributed by atoms with Crippen molar-refractivity contribution in [1.82, 2.24) is 10.6 Å². The number of carbonyl (C=O) groups excluding carboxylic acids is 1. The van der Waals surface area contributed by atoms with Gasteiger partial charge in [-0.05, 0) is 18.6 Å². The Hall–Kier alpha value is -0.770. The van der Waals surface area contributed by atoms with Crippen molar-refractivity contribution in [2.45, 2.75) is 19.5 Å². The molecule has 0 saturated heterocycles. The summed E-state index contributed by atoms with van der Waals surface area (Å²) in [5, 5.41) is 6.68. The molecule has 0 heterocycles. The lowest BCUT2D eigenvalue weighted by Crippen LogP contribution is -2.40. The fourth-order valence-corrected chi connectivity index (χ4v) is 1.64. The average molecular weight is 261 g/mol. The summed E-state index contributed by atoms with van der Waals surface area (Å²) in [6.45, 7) is 2.30. The van der Waals surface area contributed by atoms with E-state index in [0.29, 0.717) is 16.6 Å². The van der Waals surface area contributed by atoms with Crippen LogP contribution < -0.4 is 10.6 Å². The summed E-state index contributed by atoms with van der Waals surface area (Å²) in [6.07, 6.45) is 0. The highest BCUT2D eigenvalue weighted by atomic mass is 35.5. The van der Waals surface area contributed by atoms with E-state index in [1.807, 2.05) is 12.1 Å². The van der Waals surface area contributed by atoms with Crippen LogP contribution in [0.25, 0.3) is 0 Å². The number of rotatable bonds is 4. The molecular weight excluding hydrogens is 247 g/mol. The zero-order valence-electron chi connectivity index (χ0n) is 9.18. The van der Waals surface area contributed by atoms with Crippen LogP contribution in [0.5, 0.6) is 0 Å². The number of hydrogen-bond donors (Lipinski definition) is 2. The van der Waals surface area contributed by atoms with Gasteiger partial charge in [0.1, 0.15) is 0 Å². The second kappa shape index (κ2) is 6.09. The van der Waals surface area contributed by atoms with Crippen LogP contribution >= 0.6 is 23.2 Å². The number of nitrogens with one attached hydrogen (secondary N) is 2. The lowest BCUT2D eigenvalue weighted by Gasteiger charge is -2.13. The first-order valence-corrected chi connectivity index (χ1v) is 5.69. The second-order valence-electron chi connectivity index (χ2n) is 3.43. The first-order valence-electron chi connectivity index (χ1n) is 4.94. The van der Waals surface area contributed by atoms with E-state index in [0.717, 1.165) is 5.56 Å². The predicted molar refractivity (Wildman–Crippen MR) is 66.8 cm³/mol. The molecule has 3 nitrogen and oxygen atoms in total. The summed E-state index contributed by atoms with van der Waals surface area (Å²) >= 11 is 11.9. The van der Waals surface area contributed by atoms with Crippen LogP contribution in [0, 0.1) is 0 Å². The average Bonchev–Trinajstić information content (AvgIpc) is 2.29. The minimum Gasteiger partial charge on any atom is -0.358 e. The Balaban J connectivity index is 2.61. The van der Waals surface area contributed by atoms with E-state index in [1.54, 1.807) is 20.0 Å². The predicted octanol–water partition coefficient (Wildman–Crippen LogP) is 2.22. The van der Waals surface area contributed by atoms with Crippen LogP contribution in [0.3, 0.4) is 0 Å². The largest absolute Gasteiger partial charge is 0.358 e. The van der Waals surface area contributed by atoms with Gasteiger partial charge < -0.3 is 10.6 Å². The van der Waals surface area contributed by atoms with Gasteiger partial charge in [-0.25, -0.2) is 0 Å². The van der Waals surface area contributed by atoms with Gasteiger partial charge in [-0.2, -0.15) is 0 Å². The quantitative estimate of drug-likeness (QED) is 0.872. The van der Waals surface area contributed by atoms with Crippen LogP contribution in [-0.4, -0.2) is 19.0 Å². The third-order valence-electron chi connectivity index (χ3n) is 2.27. The number of benzene rings is 1. The Morgan fingerprint density at radius 2 is 2.12 bits per heavy atom. The van der Waals surface area contributed by atoms with E-state index in [4.69, 9.17) is 23.2 Å². The van der Waals surface area contributed by atoms with Crippen molar-refractivity contribution in [2.24, 2.45) is 0 Å². The van der Waals surface area contributed by atoms with Crippen molar-refractivity contribution in [1.29, 1.82) is 0 Å². The van der Waals surface area contributed by atoms with Crippen molar-refractivity contribution in [3.63, 3.8) is 0 Å². The van der Waals surface area contributed by atoms with Gasteiger partial charge in [0, 0.05) is 13.6 Å². The van der Waals surface area contributed by atoms with Crippen molar-refractivity contribution in [2.75, 3.05) is 7.05 Å². The van der Waals surface area contributed by atoms with Gasteiger partial charge in [0.2, 0.25) is 5.91 Å². The van der Waals surface area contributed by atoms with Gasteiger partial charge in [0.15, 0.2) is 0 Å². The molecule has 1 rings (SSSR count). The first kappa shape index (κ1) is 13.3. The molecule has 1 unspecified atom stereocenters. The molecule has 0 aliphatic rings.